The summed E-state index contributed by atoms with van der Waals surface area (Å²) in [4.78, 5) is 13.8. The molecule has 1 heterocycles. The molecule has 0 aliphatic rings. The summed E-state index contributed by atoms with van der Waals surface area (Å²) in [6.07, 6.45) is 0. The van der Waals surface area contributed by atoms with Crippen LogP contribution in [0, 0.1) is 12.7 Å². The van der Waals surface area contributed by atoms with Crippen molar-refractivity contribution < 1.29 is 13.5 Å². The highest BCUT2D eigenvalue weighted by Gasteiger charge is 2.11. The Morgan fingerprint density at radius 3 is 2.77 bits per heavy atom. The van der Waals surface area contributed by atoms with E-state index in [9.17, 15) is 9.18 Å². The number of para-hydroxylation sites is 1. The van der Waals surface area contributed by atoms with E-state index in [0.29, 0.717) is 30.3 Å². The molecule has 0 saturated heterocycles. The first-order valence-electron chi connectivity index (χ1n) is 8.23. The number of halogens is 2. The van der Waals surface area contributed by atoms with Gasteiger partial charge < -0.3 is 9.15 Å². The van der Waals surface area contributed by atoms with Gasteiger partial charge in [-0.1, -0.05) is 23.7 Å². The van der Waals surface area contributed by atoms with Crippen molar-refractivity contribution in [1.29, 1.82) is 0 Å². The second-order valence-corrected chi connectivity index (χ2v) is 6.61. The molecule has 0 atom stereocenters. The van der Waals surface area contributed by atoms with Crippen molar-refractivity contribution in [2.45, 2.75) is 13.5 Å². The third-order valence-electron chi connectivity index (χ3n) is 4.12. The zero-order chi connectivity index (χ0) is 18.7. The van der Waals surface area contributed by atoms with Crippen molar-refractivity contribution in [3.63, 3.8) is 0 Å². The van der Waals surface area contributed by atoms with Gasteiger partial charge in [-0.25, -0.2) is 9.18 Å². The zero-order valence-electron chi connectivity index (χ0n) is 14.6. The molecule has 0 aliphatic heterocycles. The van der Waals surface area contributed by atoms with Gasteiger partial charge in [0.25, 0.3) is 0 Å². The molecule has 0 fully saturated rings. The highest BCUT2D eigenvalue weighted by Crippen LogP contribution is 2.25. The number of fused-ring (bicyclic) bond motifs is 1. The van der Waals surface area contributed by atoms with Crippen LogP contribution >= 0.6 is 11.6 Å². The number of nitrogens with zero attached hydrogens (tertiary/aromatic N) is 1. The van der Waals surface area contributed by atoms with Crippen LogP contribution in [0.25, 0.3) is 11.0 Å². The molecule has 0 radical (unpaired) electrons. The molecule has 0 unspecified atom stereocenters. The topological polar surface area (TPSA) is 42.7 Å². The van der Waals surface area contributed by atoms with Gasteiger partial charge in [0.2, 0.25) is 0 Å². The first kappa shape index (κ1) is 18.4. The Hall–Kier alpha value is -2.37. The minimum absolute atomic E-state index is 0.231. The van der Waals surface area contributed by atoms with Crippen LogP contribution in [0.15, 0.2) is 51.7 Å². The number of hydrogen-bond acceptors (Lipinski definition) is 4. The van der Waals surface area contributed by atoms with Gasteiger partial charge in [-0.3, -0.25) is 4.90 Å². The SMILES string of the molecule is Cc1cc2oc(=O)cc(CN(C)CCOc3ccccc3F)c2cc1Cl. The average Bonchev–Trinajstić information content (AvgIpc) is 2.58. The van der Waals surface area contributed by atoms with Gasteiger partial charge in [-0.05, 0) is 49.4 Å². The van der Waals surface area contributed by atoms with Crippen molar-refractivity contribution in [3.05, 3.63) is 74.9 Å². The quantitative estimate of drug-likeness (QED) is 0.599. The van der Waals surface area contributed by atoms with Crippen LogP contribution in [0.4, 0.5) is 4.39 Å². The van der Waals surface area contributed by atoms with Gasteiger partial charge >= 0.3 is 5.63 Å². The Labute approximate surface area is 155 Å². The molecule has 0 aliphatic carbocycles. The van der Waals surface area contributed by atoms with Crippen LogP contribution in [0.5, 0.6) is 5.75 Å². The Balaban J connectivity index is 1.71. The van der Waals surface area contributed by atoms with Gasteiger partial charge in [0, 0.05) is 29.6 Å². The third-order valence-corrected chi connectivity index (χ3v) is 4.52. The van der Waals surface area contributed by atoms with E-state index in [1.807, 2.05) is 24.9 Å². The molecule has 0 saturated carbocycles. The molecule has 4 nitrogen and oxygen atoms in total. The lowest BCUT2D eigenvalue weighted by Gasteiger charge is -2.18. The van der Waals surface area contributed by atoms with Crippen molar-refractivity contribution in [3.8, 4) is 5.75 Å². The molecule has 6 heteroatoms. The van der Waals surface area contributed by atoms with Crippen molar-refractivity contribution in [2.24, 2.45) is 0 Å². The number of rotatable bonds is 6. The second-order valence-electron chi connectivity index (χ2n) is 6.20. The molecular weight excluding hydrogens is 357 g/mol. The molecule has 1 aromatic heterocycles. The van der Waals surface area contributed by atoms with Crippen molar-refractivity contribution in [2.75, 3.05) is 20.2 Å². The van der Waals surface area contributed by atoms with Gasteiger partial charge in [0.1, 0.15) is 12.2 Å². The predicted molar refractivity (Wildman–Crippen MR) is 100 cm³/mol. The Kier molecular flexibility index (Phi) is 5.59. The highest BCUT2D eigenvalue weighted by molar-refractivity contribution is 6.32. The van der Waals surface area contributed by atoms with E-state index in [2.05, 4.69) is 0 Å². The molecule has 2 aromatic carbocycles. The van der Waals surface area contributed by atoms with E-state index in [-0.39, 0.29) is 11.6 Å². The van der Waals surface area contributed by atoms with E-state index in [0.717, 1.165) is 16.5 Å². The van der Waals surface area contributed by atoms with Crippen LogP contribution in [0.2, 0.25) is 5.02 Å². The maximum Gasteiger partial charge on any atom is 0.336 e. The highest BCUT2D eigenvalue weighted by atomic mass is 35.5. The summed E-state index contributed by atoms with van der Waals surface area (Å²) in [5.41, 5.74) is 1.80. The Morgan fingerprint density at radius 2 is 2.00 bits per heavy atom. The lowest BCUT2D eigenvalue weighted by atomic mass is 10.1. The first-order chi connectivity index (χ1) is 12.4. The van der Waals surface area contributed by atoms with Gasteiger partial charge in [-0.2, -0.15) is 0 Å². The molecule has 0 bridgehead atoms. The summed E-state index contributed by atoms with van der Waals surface area (Å²) in [6.45, 7) is 3.27. The summed E-state index contributed by atoms with van der Waals surface area (Å²) in [7, 11) is 1.90. The summed E-state index contributed by atoms with van der Waals surface area (Å²) in [5.74, 6) is -0.152. The van der Waals surface area contributed by atoms with Gasteiger partial charge in [-0.15, -0.1) is 0 Å². The van der Waals surface area contributed by atoms with E-state index in [1.54, 1.807) is 24.3 Å². The number of likely N-dealkylation sites (N-methyl/N-ethyl adjacent to an activating group) is 1. The number of ether oxygens (including phenoxy) is 1. The fourth-order valence-corrected chi connectivity index (χ4v) is 2.89. The van der Waals surface area contributed by atoms with Crippen molar-refractivity contribution in [1.82, 2.24) is 4.90 Å². The van der Waals surface area contributed by atoms with Crippen LogP contribution < -0.4 is 10.4 Å². The molecule has 136 valence electrons. The molecular formula is C20H19ClFNO3. The minimum Gasteiger partial charge on any atom is -0.489 e. The van der Waals surface area contributed by atoms with Gasteiger partial charge in [0.15, 0.2) is 11.6 Å². The average molecular weight is 376 g/mol. The van der Waals surface area contributed by atoms with E-state index < -0.39 is 5.63 Å². The second kappa shape index (κ2) is 7.89. The molecule has 26 heavy (non-hydrogen) atoms. The van der Waals surface area contributed by atoms with Crippen LogP contribution in [-0.2, 0) is 6.54 Å². The molecule has 0 amide bonds. The third kappa shape index (κ3) is 4.23. The van der Waals surface area contributed by atoms with Crippen molar-refractivity contribution >= 4 is 22.6 Å². The zero-order valence-corrected chi connectivity index (χ0v) is 15.3. The monoisotopic (exact) mass is 375 g/mol. The van der Waals surface area contributed by atoms with E-state index >= 15 is 0 Å². The van der Waals surface area contributed by atoms with Crippen LogP contribution in [0.1, 0.15) is 11.1 Å². The lowest BCUT2D eigenvalue weighted by Crippen LogP contribution is -2.24. The summed E-state index contributed by atoms with van der Waals surface area (Å²) >= 11 is 6.21. The number of aryl methyl sites for hydroxylation is 1. The maximum absolute atomic E-state index is 13.6. The predicted octanol–water partition coefficient (Wildman–Crippen LogP) is 4.40. The normalized spacial score (nSPS) is 11.3. The fourth-order valence-electron chi connectivity index (χ4n) is 2.72. The van der Waals surface area contributed by atoms with Crippen LogP contribution in [0.3, 0.4) is 0 Å². The standard InChI is InChI=1S/C20H19ClFNO3/c1-13-9-19-15(11-16(13)21)14(10-20(24)26-19)12-23(2)7-8-25-18-6-4-3-5-17(18)22/h3-6,9-11H,7-8,12H2,1-2H3. The number of hydrogen-bond donors (Lipinski definition) is 0. The van der Waals surface area contributed by atoms with E-state index in [4.69, 9.17) is 20.8 Å². The number of benzene rings is 2. The van der Waals surface area contributed by atoms with Crippen LogP contribution in [-0.4, -0.2) is 25.1 Å². The largest absolute Gasteiger partial charge is 0.489 e. The lowest BCUT2D eigenvalue weighted by molar-refractivity contribution is 0.227. The molecule has 0 spiro atoms. The smallest absolute Gasteiger partial charge is 0.336 e. The molecule has 3 aromatic rings. The summed E-state index contributed by atoms with van der Waals surface area (Å²) in [6, 6.07) is 11.4. The molecule has 0 N–H and O–H groups in total. The van der Waals surface area contributed by atoms with E-state index in [1.165, 1.54) is 12.1 Å². The Bertz CT molecular complexity index is 986. The first-order valence-corrected chi connectivity index (χ1v) is 8.60. The van der Waals surface area contributed by atoms with Gasteiger partial charge in [0.05, 0.1) is 0 Å². The Morgan fingerprint density at radius 1 is 1.23 bits per heavy atom. The minimum atomic E-state index is -0.398. The summed E-state index contributed by atoms with van der Waals surface area (Å²) in [5, 5.41) is 1.43. The summed E-state index contributed by atoms with van der Waals surface area (Å²) < 4.78 is 24.3. The maximum atomic E-state index is 13.6. The molecule has 3 rings (SSSR count). The fraction of sp³-hybridized carbons (Fsp3) is 0.250.